The molecule has 0 aliphatic rings. The molecule has 0 bridgehead atoms. The summed E-state index contributed by atoms with van der Waals surface area (Å²) in [5.74, 6) is 1.36. The Hall–Kier alpha value is -2.98. The first-order valence-corrected chi connectivity index (χ1v) is 7.74. The summed E-state index contributed by atoms with van der Waals surface area (Å²) in [6, 6.07) is 7.70. The molecule has 4 heteroatoms. The number of rotatable bonds is 4. The smallest absolute Gasteiger partial charge is 0.292 e. The van der Waals surface area contributed by atoms with Crippen molar-refractivity contribution in [3.05, 3.63) is 57.6 Å². The maximum atomic E-state index is 8.72. The van der Waals surface area contributed by atoms with E-state index in [9.17, 15) is 0 Å². The van der Waals surface area contributed by atoms with Crippen LogP contribution in [0.2, 0.25) is 0 Å². The zero-order valence-corrected chi connectivity index (χ0v) is 14.6. The summed E-state index contributed by atoms with van der Waals surface area (Å²) < 4.78 is 10.0. The molecular weight excluding hydrogens is 300 g/mol. The van der Waals surface area contributed by atoms with Gasteiger partial charge in [-0.1, -0.05) is 19.1 Å². The zero-order valence-electron chi connectivity index (χ0n) is 14.6. The Bertz CT molecular complexity index is 786. The van der Waals surface area contributed by atoms with Crippen LogP contribution in [0.3, 0.4) is 0 Å². The fourth-order valence-electron chi connectivity index (χ4n) is 3.06. The average molecular weight is 320 g/mol. The lowest BCUT2D eigenvalue weighted by molar-refractivity contribution is 0.501. The summed E-state index contributed by atoms with van der Waals surface area (Å²) in [5.41, 5.74) is 6.55. The van der Waals surface area contributed by atoms with Gasteiger partial charge in [-0.15, -0.1) is 10.5 Å². The van der Waals surface area contributed by atoms with Crippen molar-refractivity contribution in [2.45, 2.75) is 40.5 Å². The van der Waals surface area contributed by atoms with Crippen molar-refractivity contribution in [3.63, 3.8) is 0 Å². The van der Waals surface area contributed by atoms with E-state index < -0.39 is 0 Å². The highest BCUT2D eigenvalue weighted by Gasteiger charge is 2.18. The molecule has 2 rings (SSSR count). The molecule has 0 aliphatic heterocycles. The summed E-state index contributed by atoms with van der Waals surface area (Å²) >= 11 is 0. The molecule has 0 amide bonds. The minimum absolute atomic E-state index is 0.176. The van der Waals surface area contributed by atoms with Crippen LogP contribution in [0.25, 0.3) is 0 Å². The largest absolute Gasteiger partial charge is 0.388 e. The standard InChI is InChI=1S/C20H20N2O2/c1-12-14(3)19(23-10-21)8-6-17(12)16(5)18-7-9-20(24-11-22)15(4)13(18)2/h6-9,16H,1-5H3. The average Bonchev–Trinajstić information content (AvgIpc) is 2.56. The first-order chi connectivity index (χ1) is 11.4. The fraction of sp³-hybridized carbons (Fsp3) is 0.300. The molecule has 0 aliphatic carbocycles. The molecule has 122 valence electrons. The van der Waals surface area contributed by atoms with Crippen LogP contribution >= 0.6 is 0 Å². The minimum Gasteiger partial charge on any atom is -0.388 e. The summed E-state index contributed by atoms with van der Waals surface area (Å²) in [7, 11) is 0. The van der Waals surface area contributed by atoms with E-state index in [1.807, 2.05) is 52.0 Å². The number of nitriles is 2. The minimum atomic E-state index is 0.176. The Morgan fingerprint density at radius 2 is 1.08 bits per heavy atom. The third-order valence-electron chi connectivity index (χ3n) is 4.80. The Morgan fingerprint density at radius 3 is 1.42 bits per heavy atom. The first kappa shape index (κ1) is 17.4. The number of hydrogen-bond acceptors (Lipinski definition) is 4. The van der Waals surface area contributed by atoms with Gasteiger partial charge in [-0.25, -0.2) is 0 Å². The molecule has 0 spiro atoms. The molecule has 0 fully saturated rings. The number of hydrogen-bond donors (Lipinski definition) is 0. The van der Waals surface area contributed by atoms with Gasteiger partial charge in [0.15, 0.2) is 0 Å². The maximum Gasteiger partial charge on any atom is 0.292 e. The molecule has 0 aromatic heterocycles. The summed E-state index contributed by atoms with van der Waals surface area (Å²) in [6.45, 7) is 10.2. The van der Waals surface area contributed by atoms with E-state index in [4.69, 9.17) is 20.0 Å². The third kappa shape index (κ3) is 3.05. The molecule has 2 aromatic carbocycles. The normalized spacial score (nSPS) is 10.2. The lowest BCUT2D eigenvalue weighted by atomic mass is 9.85. The molecule has 0 unspecified atom stereocenters. The molecular formula is C20H20N2O2. The molecule has 0 radical (unpaired) electrons. The monoisotopic (exact) mass is 320 g/mol. The number of benzene rings is 2. The predicted molar refractivity (Wildman–Crippen MR) is 91.8 cm³/mol. The van der Waals surface area contributed by atoms with Crippen LogP contribution in [0.1, 0.15) is 46.2 Å². The molecule has 4 nitrogen and oxygen atoms in total. The van der Waals surface area contributed by atoms with Gasteiger partial charge in [-0.05, 0) is 73.2 Å². The second-order valence-corrected chi connectivity index (χ2v) is 5.91. The maximum absolute atomic E-state index is 8.72. The van der Waals surface area contributed by atoms with Crippen LogP contribution < -0.4 is 9.47 Å². The van der Waals surface area contributed by atoms with Gasteiger partial charge in [0.25, 0.3) is 12.5 Å². The van der Waals surface area contributed by atoms with E-state index in [1.165, 1.54) is 11.1 Å². The predicted octanol–water partition coefficient (Wildman–Crippen LogP) is 4.79. The van der Waals surface area contributed by atoms with Crippen molar-refractivity contribution in [2.75, 3.05) is 0 Å². The van der Waals surface area contributed by atoms with Gasteiger partial charge in [-0.3, -0.25) is 0 Å². The van der Waals surface area contributed by atoms with E-state index in [1.54, 1.807) is 12.5 Å². The Balaban J connectivity index is 2.49. The van der Waals surface area contributed by atoms with Gasteiger partial charge in [0.2, 0.25) is 0 Å². The van der Waals surface area contributed by atoms with Crippen molar-refractivity contribution >= 4 is 0 Å². The van der Waals surface area contributed by atoms with Crippen molar-refractivity contribution in [1.29, 1.82) is 10.5 Å². The highest BCUT2D eigenvalue weighted by molar-refractivity contribution is 5.51. The van der Waals surface area contributed by atoms with Crippen LogP contribution in [0.5, 0.6) is 11.5 Å². The van der Waals surface area contributed by atoms with Gasteiger partial charge < -0.3 is 9.47 Å². The van der Waals surface area contributed by atoms with Crippen molar-refractivity contribution < 1.29 is 9.47 Å². The van der Waals surface area contributed by atoms with Crippen molar-refractivity contribution in [1.82, 2.24) is 0 Å². The zero-order chi connectivity index (χ0) is 17.9. The van der Waals surface area contributed by atoms with E-state index in [-0.39, 0.29) is 5.92 Å². The van der Waals surface area contributed by atoms with Crippen molar-refractivity contribution in [2.24, 2.45) is 0 Å². The van der Waals surface area contributed by atoms with E-state index in [0.717, 1.165) is 22.3 Å². The molecule has 0 N–H and O–H groups in total. The van der Waals surface area contributed by atoms with Gasteiger partial charge in [0, 0.05) is 5.92 Å². The Kier molecular flexibility index (Phi) is 5.11. The Labute approximate surface area is 142 Å². The SMILES string of the molecule is Cc1c(OC#N)ccc(C(C)c2ccc(OC#N)c(C)c2C)c1C. The molecule has 0 saturated carbocycles. The third-order valence-corrected chi connectivity index (χ3v) is 4.80. The van der Waals surface area contributed by atoms with Crippen LogP contribution in [0.4, 0.5) is 0 Å². The van der Waals surface area contributed by atoms with E-state index in [2.05, 4.69) is 6.92 Å². The lowest BCUT2D eigenvalue weighted by Gasteiger charge is -2.21. The van der Waals surface area contributed by atoms with Crippen LogP contribution in [0.15, 0.2) is 24.3 Å². The number of ether oxygens (including phenoxy) is 2. The molecule has 0 atom stereocenters. The van der Waals surface area contributed by atoms with Gasteiger partial charge >= 0.3 is 0 Å². The highest BCUT2D eigenvalue weighted by Crippen LogP contribution is 2.36. The number of nitrogens with zero attached hydrogens (tertiary/aromatic N) is 2. The quantitative estimate of drug-likeness (QED) is 0.759. The molecule has 2 aromatic rings. The van der Waals surface area contributed by atoms with Crippen LogP contribution in [-0.2, 0) is 0 Å². The van der Waals surface area contributed by atoms with Crippen LogP contribution in [-0.4, -0.2) is 0 Å². The van der Waals surface area contributed by atoms with E-state index in [0.29, 0.717) is 11.5 Å². The lowest BCUT2D eigenvalue weighted by Crippen LogP contribution is -2.05. The molecule has 24 heavy (non-hydrogen) atoms. The second-order valence-electron chi connectivity index (χ2n) is 5.91. The van der Waals surface area contributed by atoms with Gasteiger partial charge in [0.1, 0.15) is 11.5 Å². The van der Waals surface area contributed by atoms with E-state index >= 15 is 0 Å². The van der Waals surface area contributed by atoms with Crippen molar-refractivity contribution in [3.8, 4) is 24.0 Å². The first-order valence-electron chi connectivity index (χ1n) is 7.74. The second kappa shape index (κ2) is 7.06. The summed E-state index contributed by atoms with van der Waals surface area (Å²) in [6.07, 6.45) is 3.45. The summed E-state index contributed by atoms with van der Waals surface area (Å²) in [5, 5.41) is 17.4. The molecule has 0 heterocycles. The highest BCUT2D eigenvalue weighted by atomic mass is 16.5. The van der Waals surface area contributed by atoms with Crippen LogP contribution in [0, 0.1) is 50.7 Å². The fourth-order valence-corrected chi connectivity index (χ4v) is 3.06. The topological polar surface area (TPSA) is 66.0 Å². The van der Waals surface area contributed by atoms with Gasteiger partial charge in [0.05, 0.1) is 0 Å². The Morgan fingerprint density at radius 1 is 0.708 bits per heavy atom. The molecule has 0 saturated heterocycles. The van der Waals surface area contributed by atoms with Gasteiger partial charge in [-0.2, -0.15) is 0 Å². The summed E-state index contributed by atoms with van der Waals surface area (Å²) in [4.78, 5) is 0.